The van der Waals surface area contributed by atoms with Crippen LogP contribution in [0.15, 0.2) is 53.6 Å². The van der Waals surface area contributed by atoms with Gasteiger partial charge < -0.3 is 0 Å². The zero-order valence-electron chi connectivity index (χ0n) is 14.9. The van der Waals surface area contributed by atoms with Crippen molar-refractivity contribution in [1.82, 2.24) is 5.01 Å². The molecule has 2 amide bonds. The molecule has 0 bridgehead atoms. The first kappa shape index (κ1) is 17.1. The highest BCUT2D eigenvalue weighted by atomic mass is 35.5. The molecule has 2 fully saturated rings. The maximum absolute atomic E-state index is 13.4. The average molecular weight is 394 g/mol. The number of fused-ring (bicyclic) bond motifs is 5. The second kappa shape index (κ2) is 6.01. The number of carbonyl (C=O) groups is 3. The van der Waals surface area contributed by atoms with Gasteiger partial charge >= 0.3 is 0 Å². The summed E-state index contributed by atoms with van der Waals surface area (Å²) in [5, 5.41) is 6.61. The number of imide groups is 1. The molecule has 28 heavy (non-hydrogen) atoms. The van der Waals surface area contributed by atoms with Gasteiger partial charge in [0.15, 0.2) is 5.78 Å². The zero-order chi connectivity index (χ0) is 19.6. The summed E-state index contributed by atoms with van der Waals surface area (Å²) in [6, 6.07) is 13.0. The second-order valence-corrected chi connectivity index (χ2v) is 7.73. The van der Waals surface area contributed by atoms with Gasteiger partial charge in [0, 0.05) is 5.02 Å². The van der Waals surface area contributed by atoms with E-state index in [9.17, 15) is 14.4 Å². The molecular weight excluding hydrogens is 378 g/mol. The summed E-state index contributed by atoms with van der Waals surface area (Å²) < 4.78 is 0. The summed E-state index contributed by atoms with van der Waals surface area (Å²) >= 11 is 5.94. The lowest BCUT2D eigenvalue weighted by Crippen LogP contribution is -2.43. The smallest absolute Gasteiger partial charge is 0.240 e. The summed E-state index contributed by atoms with van der Waals surface area (Å²) in [4.78, 5) is 40.4. The van der Waals surface area contributed by atoms with Gasteiger partial charge in [-0.05, 0) is 42.3 Å². The van der Waals surface area contributed by atoms with Gasteiger partial charge in [-0.3, -0.25) is 19.4 Å². The number of hydrogen-bond acceptors (Lipinski definition) is 5. The summed E-state index contributed by atoms with van der Waals surface area (Å²) in [6.45, 7) is 1.45. The number of benzene rings is 2. The highest BCUT2D eigenvalue weighted by molar-refractivity contribution is 6.31. The van der Waals surface area contributed by atoms with Gasteiger partial charge in [-0.15, -0.1) is 0 Å². The first-order valence-electron chi connectivity index (χ1n) is 9.04. The molecule has 0 unspecified atom stereocenters. The van der Waals surface area contributed by atoms with Gasteiger partial charge in [-0.1, -0.05) is 35.9 Å². The van der Waals surface area contributed by atoms with Gasteiger partial charge in [0.25, 0.3) is 0 Å². The van der Waals surface area contributed by atoms with Crippen molar-refractivity contribution in [2.45, 2.75) is 19.0 Å². The molecule has 5 rings (SSSR count). The molecule has 3 aliphatic rings. The predicted molar refractivity (Wildman–Crippen MR) is 104 cm³/mol. The molecule has 3 aliphatic heterocycles. The van der Waals surface area contributed by atoms with Crippen molar-refractivity contribution in [3.63, 3.8) is 0 Å². The number of anilines is 1. The van der Waals surface area contributed by atoms with Gasteiger partial charge in [-0.2, -0.15) is 5.10 Å². The lowest BCUT2D eigenvalue weighted by Gasteiger charge is -2.33. The minimum Gasteiger partial charge on any atom is -0.298 e. The van der Waals surface area contributed by atoms with Crippen molar-refractivity contribution >= 4 is 41.1 Å². The van der Waals surface area contributed by atoms with Crippen LogP contribution in [0.2, 0.25) is 5.02 Å². The lowest BCUT2D eigenvalue weighted by molar-refractivity contribution is -0.129. The Morgan fingerprint density at radius 1 is 1.00 bits per heavy atom. The molecule has 0 N–H and O–H groups in total. The van der Waals surface area contributed by atoms with E-state index in [0.29, 0.717) is 10.7 Å². The molecule has 0 saturated carbocycles. The van der Waals surface area contributed by atoms with Crippen molar-refractivity contribution in [3.05, 3.63) is 64.7 Å². The lowest BCUT2D eigenvalue weighted by atomic mass is 9.84. The number of Topliss-reactive ketones (excluding diaryl/α,β-unsaturated/α-hetero) is 1. The number of ketones is 1. The predicted octanol–water partition coefficient (Wildman–Crippen LogP) is 2.81. The molecule has 2 aromatic carbocycles. The van der Waals surface area contributed by atoms with Gasteiger partial charge in [0.05, 0.1) is 29.8 Å². The highest BCUT2D eigenvalue weighted by Gasteiger charge is 2.64. The van der Waals surface area contributed by atoms with Crippen LogP contribution in [-0.4, -0.2) is 34.9 Å². The fraction of sp³-hybridized carbons (Fsp3) is 0.238. The SMILES string of the molecule is CC(=O)[C@@H]1[C@H]2C(=O)N(c3ccc(Cl)cc3)C(=O)[C@H]2[C@@H]2c3ccccc3C=NN12. The van der Waals surface area contributed by atoms with Crippen LogP contribution in [0.25, 0.3) is 0 Å². The third-order valence-corrected chi connectivity index (χ3v) is 6.05. The van der Waals surface area contributed by atoms with Crippen LogP contribution in [0.3, 0.4) is 0 Å². The third-order valence-electron chi connectivity index (χ3n) is 5.79. The van der Waals surface area contributed by atoms with E-state index in [1.54, 1.807) is 35.5 Å². The van der Waals surface area contributed by atoms with E-state index >= 15 is 0 Å². The summed E-state index contributed by atoms with van der Waals surface area (Å²) in [5.41, 5.74) is 2.28. The quantitative estimate of drug-likeness (QED) is 0.736. The molecule has 0 aliphatic carbocycles. The van der Waals surface area contributed by atoms with E-state index in [-0.39, 0.29) is 17.6 Å². The number of amides is 2. The van der Waals surface area contributed by atoms with Gasteiger partial charge in [0.2, 0.25) is 11.8 Å². The van der Waals surface area contributed by atoms with E-state index in [2.05, 4.69) is 5.10 Å². The number of carbonyl (C=O) groups excluding carboxylic acids is 3. The van der Waals surface area contributed by atoms with Crippen LogP contribution < -0.4 is 4.90 Å². The molecule has 4 atom stereocenters. The molecule has 7 heteroatoms. The fourth-order valence-electron chi connectivity index (χ4n) is 4.67. The Balaban J connectivity index is 1.65. The maximum Gasteiger partial charge on any atom is 0.240 e. The normalized spacial score (nSPS) is 27.6. The van der Waals surface area contributed by atoms with Gasteiger partial charge in [-0.25, -0.2) is 4.90 Å². The Bertz CT molecular complexity index is 1050. The van der Waals surface area contributed by atoms with Crippen molar-refractivity contribution in [1.29, 1.82) is 0 Å². The van der Waals surface area contributed by atoms with Crippen molar-refractivity contribution in [2.75, 3.05) is 4.90 Å². The van der Waals surface area contributed by atoms with Crippen LogP contribution in [0.4, 0.5) is 5.69 Å². The summed E-state index contributed by atoms with van der Waals surface area (Å²) in [6.07, 6.45) is 1.69. The Labute approximate surface area is 166 Å². The van der Waals surface area contributed by atoms with Crippen LogP contribution >= 0.6 is 11.6 Å². The van der Waals surface area contributed by atoms with Crippen molar-refractivity contribution < 1.29 is 14.4 Å². The standard InChI is InChI=1S/C21H16ClN3O3/c1-11(26)18-16-17(19-15-5-3-2-4-12(15)10-23-25(18)19)21(28)24(20(16)27)14-8-6-13(22)7-9-14/h2-10,16-19H,1H3/t16-,17+,18+,19-/m0/s1. The Kier molecular flexibility index (Phi) is 3.67. The van der Waals surface area contributed by atoms with E-state index < -0.39 is 23.9 Å². The average Bonchev–Trinajstić information content (AvgIpc) is 3.16. The van der Waals surface area contributed by atoms with E-state index in [1.807, 2.05) is 24.3 Å². The Morgan fingerprint density at radius 2 is 1.68 bits per heavy atom. The summed E-state index contributed by atoms with van der Waals surface area (Å²) in [5.74, 6) is -2.25. The monoisotopic (exact) mass is 393 g/mol. The van der Waals surface area contributed by atoms with Crippen molar-refractivity contribution in [2.24, 2.45) is 16.9 Å². The number of hydrazone groups is 1. The van der Waals surface area contributed by atoms with E-state index in [1.165, 1.54) is 11.8 Å². The molecule has 0 aromatic heterocycles. The molecule has 2 aromatic rings. The largest absolute Gasteiger partial charge is 0.298 e. The number of hydrogen-bond donors (Lipinski definition) is 0. The number of rotatable bonds is 2. The highest BCUT2D eigenvalue weighted by Crippen LogP contribution is 2.52. The first-order chi connectivity index (χ1) is 13.5. The van der Waals surface area contributed by atoms with Crippen molar-refractivity contribution in [3.8, 4) is 0 Å². The Morgan fingerprint density at radius 3 is 2.39 bits per heavy atom. The maximum atomic E-state index is 13.4. The van der Waals surface area contributed by atoms with Crippen LogP contribution in [-0.2, 0) is 14.4 Å². The fourth-order valence-corrected chi connectivity index (χ4v) is 4.80. The number of nitrogens with zero attached hydrogens (tertiary/aromatic N) is 3. The summed E-state index contributed by atoms with van der Waals surface area (Å²) in [7, 11) is 0. The molecule has 6 nitrogen and oxygen atoms in total. The van der Waals surface area contributed by atoms with Crippen LogP contribution in [0, 0.1) is 11.8 Å². The zero-order valence-corrected chi connectivity index (χ0v) is 15.7. The van der Waals surface area contributed by atoms with Crippen LogP contribution in [0.1, 0.15) is 24.1 Å². The molecule has 140 valence electrons. The molecule has 0 radical (unpaired) electrons. The molecule has 2 saturated heterocycles. The van der Waals surface area contributed by atoms with E-state index in [0.717, 1.165) is 11.1 Å². The molecule has 0 spiro atoms. The first-order valence-corrected chi connectivity index (χ1v) is 9.42. The van der Waals surface area contributed by atoms with E-state index in [4.69, 9.17) is 11.6 Å². The Hall–Kier alpha value is -2.99. The van der Waals surface area contributed by atoms with Gasteiger partial charge in [0.1, 0.15) is 6.04 Å². The molecular formula is C21H16ClN3O3. The minimum atomic E-state index is -0.756. The second-order valence-electron chi connectivity index (χ2n) is 7.29. The topological polar surface area (TPSA) is 70.0 Å². The molecule has 3 heterocycles. The third kappa shape index (κ3) is 2.21. The van der Waals surface area contributed by atoms with Crippen LogP contribution in [0.5, 0.6) is 0 Å². The minimum absolute atomic E-state index is 0.173. The number of halogens is 1.